The van der Waals surface area contributed by atoms with Crippen LogP contribution in [0.25, 0.3) is 0 Å². The highest BCUT2D eigenvalue weighted by atomic mass is 35.5. The van der Waals surface area contributed by atoms with Crippen LogP contribution >= 0.6 is 11.6 Å². The Hall–Kier alpha value is -1.97. The van der Waals surface area contributed by atoms with Gasteiger partial charge in [-0.25, -0.2) is 8.78 Å². The van der Waals surface area contributed by atoms with Crippen LogP contribution in [0.3, 0.4) is 0 Å². The van der Waals surface area contributed by atoms with Crippen molar-refractivity contribution < 1.29 is 26.7 Å². The first kappa shape index (κ1) is 22.2. The molecule has 168 valence electrons. The molecule has 4 rings (SSSR count). The molecule has 0 unspecified atom stereocenters. The first-order valence-electron chi connectivity index (χ1n) is 10.0. The van der Waals surface area contributed by atoms with E-state index in [0.29, 0.717) is 24.3 Å². The molecule has 2 aliphatic rings. The second-order valence-electron chi connectivity index (χ2n) is 7.92. The number of alkyl halides is 3. The molecular formula is C21H21ClF5N3O. The van der Waals surface area contributed by atoms with E-state index in [1.165, 1.54) is 12.1 Å². The SMILES string of the molecule is Fc1cc(C2CCNCC2)cc(F)c1OC1CN(Cc2ncc(C(F)(F)F)cc2Cl)C1. The minimum absolute atomic E-state index is 0.0789. The van der Waals surface area contributed by atoms with Crippen molar-refractivity contribution in [1.82, 2.24) is 15.2 Å². The average molecular weight is 462 g/mol. The summed E-state index contributed by atoms with van der Waals surface area (Å²) < 4.78 is 72.6. The number of nitrogens with zero attached hydrogens (tertiary/aromatic N) is 2. The maximum absolute atomic E-state index is 14.5. The number of hydrogen-bond donors (Lipinski definition) is 1. The van der Waals surface area contributed by atoms with Gasteiger partial charge in [0.25, 0.3) is 0 Å². The van der Waals surface area contributed by atoms with Crippen molar-refractivity contribution in [3.8, 4) is 5.75 Å². The van der Waals surface area contributed by atoms with E-state index < -0.39 is 35.2 Å². The maximum atomic E-state index is 14.5. The zero-order chi connectivity index (χ0) is 22.2. The van der Waals surface area contributed by atoms with Crippen molar-refractivity contribution >= 4 is 11.6 Å². The van der Waals surface area contributed by atoms with Crippen LogP contribution in [0, 0.1) is 11.6 Å². The molecule has 31 heavy (non-hydrogen) atoms. The Kier molecular flexibility index (Phi) is 6.37. The summed E-state index contributed by atoms with van der Waals surface area (Å²) in [4.78, 5) is 5.62. The first-order chi connectivity index (χ1) is 14.7. The normalized spacial score (nSPS) is 18.8. The molecule has 0 spiro atoms. The number of hydrogen-bond acceptors (Lipinski definition) is 4. The van der Waals surface area contributed by atoms with E-state index in [-0.39, 0.29) is 17.5 Å². The predicted molar refractivity (Wildman–Crippen MR) is 105 cm³/mol. The van der Waals surface area contributed by atoms with Crippen molar-refractivity contribution in [3.05, 3.63) is 57.9 Å². The number of likely N-dealkylation sites (tertiary alicyclic amines) is 1. The van der Waals surface area contributed by atoms with Gasteiger partial charge in [-0.15, -0.1) is 0 Å². The molecule has 0 amide bonds. The van der Waals surface area contributed by atoms with Gasteiger partial charge >= 0.3 is 6.18 Å². The molecule has 0 atom stereocenters. The molecule has 0 bridgehead atoms. The Morgan fingerprint density at radius 1 is 1.10 bits per heavy atom. The molecule has 1 N–H and O–H groups in total. The number of nitrogens with one attached hydrogen (secondary N) is 1. The molecular weight excluding hydrogens is 441 g/mol. The standard InChI is InChI=1S/C21H21ClF5N3O/c22-16-7-14(21(25,26)27)8-29-19(16)11-30-9-15(10-30)31-20-17(23)5-13(6-18(20)24)12-1-3-28-4-2-12/h5-8,12,15,28H,1-4,9-11H2. The van der Waals surface area contributed by atoms with E-state index in [2.05, 4.69) is 10.3 Å². The molecule has 10 heteroatoms. The quantitative estimate of drug-likeness (QED) is 0.651. The molecule has 4 nitrogen and oxygen atoms in total. The lowest BCUT2D eigenvalue weighted by molar-refractivity contribution is -0.137. The van der Waals surface area contributed by atoms with E-state index in [1.54, 1.807) is 0 Å². The van der Waals surface area contributed by atoms with E-state index in [1.807, 2.05) is 4.90 Å². The van der Waals surface area contributed by atoms with Gasteiger partial charge < -0.3 is 10.1 Å². The van der Waals surface area contributed by atoms with Crippen LogP contribution in [0.5, 0.6) is 5.75 Å². The third-order valence-corrected chi connectivity index (χ3v) is 5.98. The molecule has 0 radical (unpaired) electrons. The summed E-state index contributed by atoms with van der Waals surface area (Å²) in [6.45, 7) is 2.57. The zero-order valence-electron chi connectivity index (χ0n) is 16.5. The third-order valence-electron chi connectivity index (χ3n) is 5.66. The van der Waals surface area contributed by atoms with Crippen molar-refractivity contribution in [1.29, 1.82) is 0 Å². The monoisotopic (exact) mass is 461 g/mol. The van der Waals surface area contributed by atoms with Gasteiger partial charge in [-0.3, -0.25) is 9.88 Å². The van der Waals surface area contributed by atoms with Crippen LogP contribution in [0.2, 0.25) is 5.02 Å². The number of halogens is 6. The first-order valence-corrected chi connectivity index (χ1v) is 10.4. The van der Waals surface area contributed by atoms with Gasteiger partial charge in [0, 0.05) is 25.8 Å². The third kappa shape index (κ3) is 5.10. The minimum atomic E-state index is -4.51. The van der Waals surface area contributed by atoms with Gasteiger partial charge in [0.15, 0.2) is 17.4 Å². The topological polar surface area (TPSA) is 37.4 Å². The Balaban J connectivity index is 1.34. The van der Waals surface area contributed by atoms with Gasteiger partial charge in [0.2, 0.25) is 0 Å². The second-order valence-corrected chi connectivity index (χ2v) is 8.33. The summed E-state index contributed by atoms with van der Waals surface area (Å²) in [7, 11) is 0. The van der Waals surface area contributed by atoms with Gasteiger partial charge in [0.1, 0.15) is 6.10 Å². The highest BCUT2D eigenvalue weighted by Gasteiger charge is 2.34. The van der Waals surface area contributed by atoms with E-state index >= 15 is 0 Å². The van der Waals surface area contributed by atoms with Gasteiger partial charge in [-0.2, -0.15) is 13.2 Å². The number of ether oxygens (including phenoxy) is 1. The lowest BCUT2D eigenvalue weighted by Crippen LogP contribution is -2.53. The number of aromatic nitrogens is 1. The lowest BCUT2D eigenvalue weighted by Gasteiger charge is -2.39. The summed E-state index contributed by atoms with van der Waals surface area (Å²) in [5.74, 6) is -1.72. The fourth-order valence-corrected chi connectivity index (χ4v) is 4.15. The van der Waals surface area contributed by atoms with Crippen molar-refractivity contribution in [3.63, 3.8) is 0 Å². The Bertz CT molecular complexity index is 920. The summed E-state index contributed by atoms with van der Waals surface area (Å²) in [6, 6.07) is 3.53. The van der Waals surface area contributed by atoms with Crippen molar-refractivity contribution in [2.45, 2.75) is 37.6 Å². The second kappa shape index (κ2) is 8.88. The Morgan fingerprint density at radius 2 is 1.74 bits per heavy atom. The summed E-state index contributed by atoms with van der Waals surface area (Å²) in [6.07, 6.45) is -2.54. The molecule has 2 saturated heterocycles. The molecule has 1 aromatic heterocycles. The van der Waals surface area contributed by atoms with E-state index in [0.717, 1.165) is 38.2 Å². The smallest absolute Gasteiger partial charge is 0.417 e. The highest BCUT2D eigenvalue weighted by molar-refractivity contribution is 6.31. The molecule has 2 aliphatic heterocycles. The van der Waals surface area contributed by atoms with Gasteiger partial charge in [0.05, 0.1) is 16.3 Å². The molecule has 1 aromatic carbocycles. The van der Waals surface area contributed by atoms with Gasteiger partial charge in [-0.1, -0.05) is 11.6 Å². The summed E-state index contributed by atoms with van der Waals surface area (Å²) in [5, 5.41) is 3.14. The number of rotatable bonds is 5. The number of piperidine rings is 1. The Morgan fingerprint density at radius 3 is 2.32 bits per heavy atom. The van der Waals surface area contributed by atoms with Crippen LogP contribution in [-0.2, 0) is 12.7 Å². The predicted octanol–water partition coefficient (Wildman–Crippen LogP) is 4.76. The van der Waals surface area contributed by atoms with Crippen LogP contribution in [0.4, 0.5) is 22.0 Å². The van der Waals surface area contributed by atoms with Crippen molar-refractivity contribution in [2.75, 3.05) is 26.2 Å². The minimum Gasteiger partial charge on any atom is -0.482 e. The van der Waals surface area contributed by atoms with Crippen molar-refractivity contribution in [2.24, 2.45) is 0 Å². The lowest BCUT2D eigenvalue weighted by atomic mass is 9.90. The fraction of sp³-hybridized carbons (Fsp3) is 0.476. The number of pyridine rings is 1. The highest BCUT2D eigenvalue weighted by Crippen LogP contribution is 2.34. The summed E-state index contributed by atoms with van der Waals surface area (Å²) >= 11 is 5.92. The van der Waals surface area contributed by atoms with Crippen LogP contribution in [-0.4, -0.2) is 42.2 Å². The van der Waals surface area contributed by atoms with Crippen LogP contribution < -0.4 is 10.1 Å². The molecule has 2 aromatic rings. The molecule has 2 fully saturated rings. The molecule has 0 saturated carbocycles. The van der Waals surface area contributed by atoms with Crippen LogP contribution in [0.1, 0.15) is 35.6 Å². The van der Waals surface area contributed by atoms with Gasteiger partial charge in [-0.05, 0) is 55.6 Å². The Labute approximate surface area is 181 Å². The van der Waals surface area contributed by atoms with E-state index in [4.69, 9.17) is 16.3 Å². The summed E-state index contributed by atoms with van der Waals surface area (Å²) in [5.41, 5.74) is 0.0314. The maximum Gasteiger partial charge on any atom is 0.417 e. The zero-order valence-corrected chi connectivity index (χ0v) is 17.2. The largest absolute Gasteiger partial charge is 0.482 e. The number of benzene rings is 1. The molecule has 0 aliphatic carbocycles. The average Bonchev–Trinajstić information content (AvgIpc) is 2.69. The van der Waals surface area contributed by atoms with Crippen LogP contribution in [0.15, 0.2) is 24.4 Å². The van der Waals surface area contributed by atoms with E-state index in [9.17, 15) is 22.0 Å². The molecule has 3 heterocycles. The fourth-order valence-electron chi connectivity index (χ4n) is 3.93.